The smallest absolute Gasteiger partial charge is 0.462 e. The quantitative estimate of drug-likeness (QED) is 0.0222. The van der Waals surface area contributed by atoms with Crippen molar-refractivity contribution >= 4 is 39.5 Å². The Bertz CT molecular complexity index is 2030. The third-order valence-corrected chi connectivity index (χ3v) is 22.4. The van der Waals surface area contributed by atoms with Crippen LogP contribution in [-0.4, -0.2) is 96.7 Å². The van der Waals surface area contributed by atoms with Crippen molar-refractivity contribution < 1.29 is 80.2 Å². The highest BCUT2D eigenvalue weighted by atomic mass is 31.2. The van der Waals surface area contributed by atoms with Crippen LogP contribution in [0.3, 0.4) is 0 Å². The van der Waals surface area contributed by atoms with Gasteiger partial charge in [-0.2, -0.15) is 0 Å². The second-order valence-electron chi connectivity index (χ2n) is 32.0. The van der Waals surface area contributed by atoms with Crippen molar-refractivity contribution in [1.82, 2.24) is 0 Å². The normalized spacial score (nSPS) is 14.5. The first kappa shape index (κ1) is 102. The van der Waals surface area contributed by atoms with E-state index in [2.05, 4.69) is 55.4 Å². The highest BCUT2D eigenvalue weighted by Gasteiger charge is 2.30. The molecule has 3 N–H and O–H groups in total. The number of hydrogen-bond donors (Lipinski definition) is 3. The summed E-state index contributed by atoms with van der Waals surface area (Å²) in [6.45, 7) is 14.3. The first-order chi connectivity index (χ1) is 50.2. The molecule has 0 heterocycles. The van der Waals surface area contributed by atoms with E-state index in [1.165, 1.54) is 238 Å². The number of aliphatic hydroxyl groups is 1. The van der Waals surface area contributed by atoms with Crippen LogP contribution in [0.5, 0.6) is 0 Å². The molecule has 0 saturated heterocycles. The van der Waals surface area contributed by atoms with Gasteiger partial charge in [-0.1, -0.05) is 389 Å². The molecule has 0 aliphatic rings. The van der Waals surface area contributed by atoms with Crippen LogP contribution in [0.4, 0.5) is 0 Å². The second-order valence-corrected chi connectivity index (χ2v) is 34.9. The Hall–Kier alpha value is -1.94. The summed E-state index contributed by atoms with van der Waals surface area (Å²) in [6, 6.07) is 0. The molecule has 0 rings (SSSR count). The van der Waals surface area contributed by atoms with Gasteiger partial charge in [-0.05, 0) is 49.4 Å². The zero-order chi connectivity index (χ0) is 76.7. The van der Waals surface area contributed by atoms with Gasteiger partial charge in [0, 0.05) is 25.7 Å². The number of carbonyl (C=O) groups excluding carboxylic acids is 4. The van der Waals surface area contributed by atoms with Crippen molar-refractivity contribution in [1.29, 1.82) is 0 Å². The van der Waals surface area contributed by atoms with Crippen molar-refractivity contribution in [2.45, 2.75) is 459 Å². The molecule has 7 atom stereocenters. The number of hydrogen-bond acceptors (Lipinski definition) is 15. The van der Waals surface area contributed by atoms with Crippen molar-refractivity contribution in [3.05, 3.63) is 0 Å². The van der Waals surface area contributed by atoms with Crippen molar-refractivity contribution in [2.24, 2.45) is 23.7 Å². The van der Waals surface area contributed by atoms with Gasteiger partial charge in [0.05, 0.1) is 26.4 Å². The first-order valence-electron chi connectivity index (χ1n) is 43.8. The lowest BCUT2D eigenvalue weighted by Gasteiger charge is -2.21. The molecule has 0 aliphatic carbocycles. The lowest BCUT2D eigenvalue weighted by atomic mass is 9.99. The molecule has 4 unspecified atom stereocenters. The topological polar surface area (TPSA) is 237 Å². The summed E-state index contributed by atoms with van der Waals surface area (Å²) < 4.78 is 68.9. The Morgan fingerprint density at radius 1 is 0.269 bits per heavy atom. The molecule has 0 bridgehead atoms. The summed E-state index contributed by atoms with van der Waals surface area (Å²) in [7, 11) is -9.93. The van der Waals surface area contributed by atoms with E-state index in [1.807, 2.05) is 0 Å². The van der Waals surface area contributed by atoms with E-state index in [9.17, 15) is 43.2 Å². The van der Waals surface area contributed by atoms with Gasteiger partial charge in [-0.25, -0.2) is 9.13 Å². The molecule has 0 fully saturated rings. The van der Waals surface area contributed by atoms with Crippen LogP contribution in [0.25, 0.3) is 0 Å². The van der Waals surface area contributed by atoms with Crippen LogP contribution >= 0.6 is 15.6 Å². The predicted molar refractivity (Wildman–Crippen MR) is 428 cm³/mol. The zero-order valence-corrected chi connectivity index (χ0v) is 70.5. The molecule has 0 aromatic carbocycles. The van der Waals surface area contributed by atoms with E-state index in [1.54, 1.807) is 0 Å². The third-order valence-electron chi connectivity index (χ3n) is 20.5. The fourth-order valence-corrected chi connectivity index (χ4v) is 14.7. The zero-order valence-electron chi connectivity index (χ0n) is 68.7. The molecule has 0 amide bonds. The average molecular weight is 1520 g/mol. The van der Waals surface area contributed by atoms with Gasteiger partial charge in [-0.15, -0.1) is 0 Å². The molecule has 0 radical (unpaired) electrons. The Morgan fingerprint density at radius 3 is 0.683 bits per heavy atom. The lowest BCUT2D eigenvalue weighted by Crippen LogP contribution is -2.30. The van der Waals surface area contributed by atoms with Gasteiger partial charge in [0.2, 0.25) is 0 Å². The molecule has 0 saturated carbocycles. The molecule has 0 spiro atoms. The summed E-state index contributed by atoms with van der Waals surface area (Å²) in [4.78, 5) is 73.2. The maximum absolute atomic E-state index is 13.1. The van der Waals surface area contributed by atoms with Gasteiger partial charge >= 0.3 is 39.5 Å². The molecule has 104 heavy (non-hydrogen) atoms. The monoisotopic (exact) mass is 1520 g/mol. The molecular formula is C85H166O17P2. The number of aliphatic hydroxyl groups excluding tert-OH is 1. The maximum atomic E-state index is 13.1. The highest BCUT2D eigenvalue weighted by molar-refractivity contribution is 7.47. The van der Waals surface area contributed by atoms with E-state index >= 15 is 0 Å². The highest BCUT2D eigenvalue weighted by Crippen LogP contribution is 2.45. The summed E-state index contributed by atoms with van der Waals surface area (Å²) in [5.41, 5.74) is 0. The van der Waals surface area contributed by atoms with Crippen LogP contribution in [-0.2, 0) is 65.4 Å². The fraction of sp³-hybridized carbons (Fsp3) is 0.953. The van der Waals surface area contributed by atoms with Crippen LogP contribution < -0.4 is 0 Å². The van der Waals surface area contributed by atoms with Crippen LogP contribution in [0, 0.1) is 23.7 Å². The van der Waals surface area contributed by atoms with Crippen LogP contribution in [0.2, 0.25) is 0 Å². The minimum atomic E-state index is -4.97. The third kappa shape index (κ3) is 75.5. The molecule has 17 nitrogen and oxygen atoms in total. The molecular weight excluding hydrogens is 1350 g/mol. The lowest BCUT2D eigenvalue weighted by molar-refractivity contribution is -0.161. The van der Waals surface area contributed by atoms with Crippen LogP contribution in [0.15, 0.2) is 0 Å². The van der Waals surface area contributed by atoms with Gasteiger partial charge in [0.25, 0.3) is 0 Å². The summed E-state index contributed by atoms with van der Waals surface area (Å²) in [6.07, 6.45) is 62.4. The minimum absolute atomic E-state index is 0.107. The van der Waals surface area contributed by atoms with Gasteiger partial charge < -0.3 is 33.8 Å². The summed E-state index contributed by atoms with van der Waals surface area (Å²) >= 11 is 0. The Kier molecular flexibility index (Phi) is 72.5. The molecule has 0 aliphatic heterocycles. The summed E-state index contributed by atoms with van der Waals surface area (Å²) in [5.74, 6) is 1.08. The standard InChI is InChI=1S/C85H166O17P2/c1-9-77(7)63-55-47-39-33-27-21-16-18-24-30-36-42-52-60-67-84(89)101-80(71-95-82(87)65-57-49-40-34-28-22-17-15-20-26-32-38-46-54-62-76(5)6)73-99-103(91,92)97-69-79(86)70-98-104(93,94)100-74-81(72-96-83(88)66-58-50-44-43-48-56-64-78(8)10-2)102-85(90)68-59-51-41-35-29-23-14-12-11-13-19-25-31-37-45-53-61-75(3)4/h75-81,86H,9-74H2,1-8H3,(H,91,92)(H,93,94)/t77?,78?,79-,80-,81-/m1/s1. The average Bonchev–Trinajstić information content (AvgIpc) is 0.927. The van der Waals surface area contributed by atoms with Crippen molar-refractivity contribution in [3.8, 4) is 0 Å². The predicted octanol–water partition coefficient (Wildman–Crippen LogP) is 25.6. The fourth-order valence-electron chi connectivity index (χ4n) is 13.1. The molecule has 19 heteroatoms. The van der Waals surface area contributed by atoms with Crippen molar-refractivity contribution in [2.75, 3.05) is 39.6 Å². The number of rotatable bonds is 82. The Morgan fingerprint density at radius 2 is 0.462 bits per heavy atom. The molecule has 618 valence electrons. The number of phosphoric ester groups is 2. The van der Waals surface area contributed by atoms with E-state index in [0.717, 1.165) is 120 Å². The molecule has 0 aromatic heterocycles. The van der Waals surface area contributed by atoms with E-state index in [0.29, 0.717) is 25.7 Å². The Labute approximate surface area is 638 Å². The first-order valence-corrected chi connectivity index (χ1v) is 46.8. The van der Waals surface area contributed by atoms with E-state index in [-0.39, 0.29) is 25.7 Å². The van der Waals surface area contributed by atoms with Gasteiger partial charge in [0.15, 0.2) is 12.2 Å². The number of unbranched alkanes of at least 4 members (excludes halogenated alkanes) is 46. The Balaban J connectivity index is 5.24. The summed E-state index contributed by atoms with van der Waals surface area (Å²) in [5, 5.41) is 10.7. The van der Waals surface area contributed by atoms with Crippen molar-refractivity contribution in [3.63, 3.8) is 0 Å². The van der Waals surface area contributed by atoms with Gasteiger partial charge in [0.1, 0.15) is 19.3 Å². The number of carbonyl (C=O) groups is 4. The van der Waals surface area contributed by atoms with E-state index < -0.39 is 97.5 Å². The number of ether oxygens (including phenoxy) is 4. The number of esters is 4. The SMILES string of the molecule is CCC(C)CCCCCCCCCCCCCCCCC(=O)O[C@H](COC(=O)CCCCCCCCCCCCCCCCC(C)C)COP(=O)(O)OC[C@@H](O)COP(=O)(O)OC[C@@H](COC(=O)CCCCCCCCC(C)CC)OC(=O)CCCCCCCCCCCCCCCCCCC(C)C. The minimum Gasteiger partial charge on any atom is -0.462 e. The van der Waals surface area contributed by atoms with Crippen LogP contribution in [0.1, 0.15) is 441 Å². The molecule has 0 aromatic rings. The maximum Gasteiger partial charge on any atom is 0.472 e. The second kappa shape index (κ2) is 73.8. The van der Waals surface area contributed by atoms with E-state index in [4.69, 9.17) is 37.0 Å². The van der Waals surface area contributed by atoms with Gasteiger partial charge in [-0.3, -0.25) is 37.3 Å². The largest absolute Gasteiger partial charge is 0.472 e. The number of phosphoric acid groups is 2.